The van der Waals surface area contributed by atoms with Crippen LogP contribution in [0.2, 0.25) is 0 Å². The molecule has 0 spiro atoms. The zero-order valence-corrected chi connectivity index (χ0v) is 12.1. The van der Waals surface area contributed by atoms with E-state index >= 15 is 0 Å². The first-order valence-electron chi connectivity index (χ1n) is 6.25. The molecule has 2 nitrogen and oxygen atoms in total. The number of hydrogen-bond donors (Lipinski definition) is 2. The van der Waals surface area contributed by atoms with Gasteiger partial charge in [-0.25, -0.2) is 4.39 Å². The van der Waals surface area contributed by atoms with E-state index in [9.17, 15) is 17.6 Å². The maximum absolute atomic E-state index is 13.0. The Morgan fingerprint density at radius 1 is 1.09 bits per heavy atom. The number of rotatable bonds is 3. The molecule has 0 aliphatic heterocycles. The fourth-order valence-corrected chi connectivity index (χ4v) is 2.37. The molecule has 2 N–H and O–H groups in total. The van der Waals surface area contributed by atoms with Gasteiger partial charge < -0.3 is 5.32 Å². The van der Waals surface area contributed by atoms with Crippen LogP contribution in [0.4, 0.5) is 23.2 Å². The second kappa shape index (κ2) is 6.83. The lowest BCUT2D eigenvalue weighted by molar-refractivity contribution is -0.137. The second-order valence-electron chi connectivity index (χ2n) is 4.45. The smallest absolute Gasteiger partial charge is 0.335 e. The summed E-state index contributed by atoms with van der Waals surface area (Å²) in [5.74, 6) is -0.0650. The van der Waals surface area contributed by atoms with E-state index in [2.05, 4.69) is 5.32 Å². The number of benzene rings is 2. The van der Waals surface area contributed by atoms with Crippen LogP contribution in [0.1, 0.15) is 11.1 Å². The van der Waals surface area contributed by atoms with Crippen LogP contribution < -0.4 is 5.32 Å². The fraction of sp³-hybridized carbons (Fsp3) is 0.133. The van der Waals surface area contributed by atoms with Crippen LogP contribution in [0.25, 0.3) is 0 Å². The first-order valence-corrected chi connectivity index (χ1v) is 7.23. The first kappa shape index (κ1) is 16.4. The zero-order chi connectivity index (χ0) is 16.2. The number of anilines is 1. The van der Waals surface area contributed by atoms with Crippen molar-refractivity contribution in [3.05, 3.63) is 65.5 Å². The predicted molar refractivity (Wildman–Crippen MR) is 80.5 cm³/mol. The summed E-state index contributed by atoms with van der Waals surface area (Å²) >= 11 is 1.11. The third-order valence-corrected chi connectivity index (χ3v) is 3.62. The molecule has 0 amide bonds. The van der Waals surface area contributed by atoms with Crippen LogP contribution in [0.15, 0.2) is 48.5 Å². The minimum absolute atomic E-state index is 0.0884. The van der Waals surface area contributed by atoms with Crippen molar-refractivity contribution >= 4 is 22.6 Å². The lowest BCUT2D eigenvalue weighted by atomic mass is 10.1. The maximum Gasteiger partial charge on any atom is 0.416 e. The SMILES string of the molecule is N=C(Nc1cccc(F)c1)SCc1ccc(C(F)(F)F)cc1. The lowest BCUT2D eigenvalue weighted by Crippen LogP contribution is -2.07. The zero-order valence-electron chi connectivity index (χ0n) is 11.2. The molecule has 0 atom stereocenters. The van der Waals surface area contributed by atoms with Gasteiger partial charge in [0, 0.05) is 11.4 Å². The molecule has 2 rings (SSSR count). The third-order valence-electron chi connectivity index (χ3n) is 2.75. The average Bonchev–Trinajstić information content (AvgIpc) is 2.45. The van der Waals surface area contributed by atoms with Crippen LogP contribution in [0, 0.1) is 11.2 Å². The van der Waals surface area contributed by atoms with Crippen LogP contribution in [-0.4, -0.2) is 5.17 Å². The van der Waals surface area contributed by atoms with E-state index in [1.807, 2.05) is 0 Å². The number of thioether (sulfide) groups is 1. The Kier molecular flexibility index (Phi) is 5.07. The number of nitrogens with one attached hydrogen (secondary N) is 2. The first-order chi connectivity index (χ1) is 10.3. The van der Waals surface area contributed by atoms with Crippen molar-refractivity contribution in [2.24, 2.45) is 0 Å². The monoisotopic (exact) mass is 328 g/mol. The summed E-state index contributed by atoms with van der Waals surface area (Å²) in [5.41, 5.74) is 0.419. The van der Waals surface area contributed by atoms with Gasteiger partial charge in [0.1, 0.15) is 5.82 Å². The van der Waals surface area contributed by atoms with Gasteiger partial charge in [-0.3, -0.25) is 5.41 Å². The van der Waals surface area contributed by atoms with E-state index < -0.39 is 17.6 Å². The molecule has 0 unspecified atom stereocenters. The minimum atomic E-state index is -4.35. The average molecular weight is 328 g/mol. The van der Waals surface area contributed by atoms with Gasteiger partial charge in [-0.15, -0.1) is 0 Å². The number of alkyl halides is 3. The Morgan fingerprint density at radius 2 is 1.77 bits per heavy atom. The molecule has 0 radical (unpaired) electrons. The van der Waals surface area contributed by atoms with Crippen molar-refractivity contribution in [3.8, 4) is 0 Å². The van der Waals surface area contributed by atoms with E-state index in [0.29, 0.717) is 17.0 Å². The van der Waals surface area contributed by atoms with Gasteiger partial charge in [0.15, 0.2) is 5.17 Å². The Balaban J connectivity index is 1.88. The topological polar surface area (TPSA) is 35.9 Å². The minimum Gasteiger partial charge on any atom is -0.335 e. The van der Waals surface area contributed by atoms with E-state index in [0.717, 1.165) is 23.9 Å². The summed E-state index contributed by atoms with van der Waals surface area (Å²) in [6.45, 7) is 0. The second-order valence-corrected chi connectivity index (χ2v) is 5.43. The number of halogens is 4. The van der Waals surface area contributed by atoms with E-state index in [-0.39, 0.29) is 5.17 Å². The molecule has 2 aromatic carbocycles. The lowest BCUT2D eigenvalue weighted by Gasteiger charge is -2.09. The van der Waals surface area contributed by atoms with E-state index in [1.165, 1.54) is 30.3 Å². The van der Waals surface area contributed by atoms with Gasteiger partial charge in [0.25, 0.3) is 0 Å². The standard InChI is InChI=1S/C15H12F4N2S/c16-12-2-1-3-13(8-12)21-14(20)22-9-10-4-6-11(7-5-10)15(17,18)19/h1-8H,9H2,(H2,20,21). The molecule has 7 heteroatoms. The molecule has 0 aromatic heterocycles. The van der Waals surface area contributed by atoms with Crippen LogP contribution >= 0.6 is 11.8 Å². The van der Waals surface area contributed by atoms with Gasteiger partial charge in [-0.1, -0.05) is 30.0 Å². The summed E-state index contributed by atoms with van der Waals surface area (Å²) in [5, 5.41) is 10.5. The summed E-state index contributed by atoms with van der Waals surface area (Å²) in [6.07, 6.45) is -4.35. The summed E-state index contributed by atoms with van der Waals surface area (Å²) < 4.78 is 50.3. The van der Waals surface area contributed by atoms with Crippen molar-refractivity contribution < 1.29 is 17.6 Å². The van der Waals surface area contributed by atoms with Crippen molar-refractivity contribution in [3.63, 3.8) is 0 Å². The Hall–Kier alpha value is -2.02. The highest BCUT2D eigenvalue weighted by Gasteiger charge is 2.29. The number of hydrogen-bond acceptors (Lipinski definition) is 2. The molecule has 0 aliphatic carbocycles. The van der Waals surface area contributed by atoms with Crippen molar-refractivity contribution in [2.75, 3.05) is 5.32 Å². The van der Waals surface area contributed by atoms with Crippen molar-refractivity contribution in [1.82, 2.24) is 0 Å². The van der Waals surface area contributed by atoms with E-state index in [4.69, 9.17) is 5.41 Å². The highest BCUT2D eigenvalue weighted by atomic mass is 32.2. The van der Waals surface area contributed by atoms with E-state index in [1.54, 1.807) is 6.07 Å². The molecule has 2 aromatic rings. The Labute approximate surface area is 129 Å². The fourth-order valence-electron chi connectivity index (χ4n) is 1.68. The van der Waals surface area contributed by atoms with Crippen molar-refractivity contribution in [2.45, 2.75) is 11.9 Å². The van der Waals surface area contributed by atoms with Crippen LogP contribution in [0.3, 0.4) is 0 Å². The predicted octanol–water partition coefficient (Wildman–Crippen LogP) is 5.12. The molecule has 22 heavy (non-hydrogen) atoms. The molecule has 0 aliphatic rings. The summed E-state index contributed by atoms with van der Waals surface area (Å²) in [7, 11) is 0. The third kappa shape index (κ3) is 4.77. The molecule has 116 valence electrons. The van der Waals surface area contributed by atoms with Crippen LogP contribution in [-0.2, 0) is 11.9 Å². The normalized spacial score (nSPS) is 11.3. The molecular formula is C15H12F4N2S. The Morgan fingerprint density at radius 3 is 2.36 bits per heavy atom. The van der Waals surface area contributed by atoms with Crippen molar-refractivity contribution in [1.29, 1.82) is 5.41 Å². The van der Waals surface area contributed by atoms with Gasteiger partial charge in [-0.2, -0.15) is 13.2 Å². The van der Waals surface area contributed by atoms with Gasteiger partial charge in [-0.05, 0) is 35.9 Å². The van der Waals surface area contributed by atoms with Gasteiger partial charge >= 0.3 is 6.18 Å². The highest BCUT2D eigenvalue weighted by Crippen LogP contribution is 2.29. The molecule has 0 bridgehead atoms. The van der Waals surface area contributed by atoms with Gasteiger partial charge in [0.05, 0.1) is 5.56 Å². The largest absolute Gasteiger partial charge is 0.416 e. The molecule has 0 heterocycles. The molecule has 0 saturated heterocycles. The quantitative estimate of drug-likeness (QED) is 0.466. The highest BCUT2D eigenvalue weighted by molar-refractivity contribution is 8.13. The van der Waals surface area contributed by atoms with Crippen LogP contribution in [0.5, 0.6) is 0 Å². The maximum atomic E-state index is 13.0. The molecule has 0 fully saturated rings. The summed E-state index contributed by atoms with van der Waals surface area (Å²) in [4.78, 5) is 0. The Bertz CT molecular complexity index is 653. The molecular weight excluding hydrogens is 316 g/mol. The number of amidine groups is 1. The molecule has 0 saturated carbocycles. The summed E-state index contributed by atoms with van der Waals surface area (Å²) in [6, 6.07) is 10.5. The van der Waals surface area contributed by atoms with Gasteiger partial charge in [0.2, 0.25) is 0 Å².